The third kappa shape index (κ3) is 1.63. The highest BCUT2D eigenvalue weighted by Crippen LogP contribution is 2.12. The van der Waals surface area contributed by atoms with Crippen LogP contribution >= 0.6 is 0 Å². The Kier molecular flexibility index (Phi) is 2.95. The van der Waals surface area contributed by atoms with Crippen molar-refractivity contribution in [2.24, 2.45) is 7.05 Å². The first kappa shape index (κ1) is 10.4. The van der Waals surface area contributed by atoms with Crippen molar-refractivity contribution in [1.82, 2.24) is 9.78 Å². The molecule has 0 aliphatic rings. The maximum absolute atomic E-state index is 11.4. The molecule has 1 rings (SSSR count). The van der Waals surface area contributed by atoms with Crippen molar-refractivity contribution in [3.05, 3.63) is 16.0 Å². The molecule has 6 heteroatoms. The van der Waals surface area contributed by atoms with Gasteiger partial charge in [-0.25, -0.2) is 4.79 Å². The smallest absolute Gasteiger partial charge is 0.360 e. The van der Waals surface area contributed by atoms with Crippen LogP contribution in [0.2, 0.25) is 0 Å². The zero-order chi connectivity index (χ0) is 10.7. The molecule has 0 atom stereocenters. The zero-order valence-electron chi connectivity index (χ0n) is 8.29. The summed E-state index contributed by atoms with van der Waals surface area (Å²) in [6.45, 7) is 1.94. The molecule has 1 aromatic rings. The lowest BCUT2D eigenvalue weighted by atomic mass is 10.4. The second kappa shape index (κ2) is 3.99. The van der Waals surface area contributed by atoms with Gasteiger partial charge in [0.1, 0.15) is 0 Å². The SMILES string of the molecule is CCOC(=O)c1c(OC)c(=O)[nH]n1C. The third-order valence-corrected chi connectivity index (χ3v) is 1.70. The highest BCUT2D eigenvalue weighted by Gasteiger charge is 2.21. The predicted octanol–water partition coefficient (Wildman–Crippen LogP) is -0.101. The summed E-state index contributed by atoms with van der Waals surface area (Å²) in [6, 6.07) is 0. The Morgan fingerprint density at radius 1 is 1.57 bits per heavy atom. The summed E-state index contributed by atoms with van der Waals surface area (Å²) in [6.07, 6.45) is 0. The molecule has 0 aliphatic heterocycles. The van der Waals surface area contributed by atoms with Crippen LogP contribution in [0.5, 0.6) is 5.75 Å². The second-order valence-electron chi connectivity index (χ2n) is 2.60. The maximum atomic E-state index is 11.4. The Balaban J connectivity index is 3.18. The lowest BCUT2D eigenvalue weighted by Crippen LogP contribution is -2.11. The van der Waals surface area contributed by atoms with E-state index >= 15 is 0 Å². The Morgan fingerprint density at radius 3 is 2.71 bits per heavy atom. The van der Waals surface area contributed by atoms with Crippen molar-refractivity contribution in [1.29, 1.82) is 0 Å². The first-order chi connectivity index (χ1) is 6.61. The highest BCUT2D eigenvalue weighted by atomic mass is 16.5. The number of esters is 1. The number of carbonyl (C=O) groups excluding carboxylic acids is 1. The number of H-pyrrole nitrogens is 1. The molecule has 1 aromatic heterocycles. The number of carbonyl (C=O) groups is 1. The van der Waals surface area contributed by atoms with E-state index in [4.69, 9.17) is 9.47 Å². The summed E-state index contributed by atoms with van der Waals surface area (Å²) in [5.74, 6) is -0.601. The fourth-order valence-corrected chi connectivity index (χ4v) is 1.14. The fraction of sp³-hybridized carbons (Fsp3) is 0.500. The van der Waals surface area contributed by atoms with Crippen LogP contribution in [0.15, 0.2) is 4.79 Å². The molecule has 6 nitrogen and oxygen atoms in total. The average Bonchev–Trinajstić information content (AvgIpc) is 2.40. The highest BCUT2D eigenvalue weighted by molar-refractivity contribution is 5.90. The molecule has 0 spiro atoms. The van der Waals surface area contributed by atoms with Crippen LogP contribution < -0.4 is 10.3 Å². The van der Waals surface area contributed by atoms with E-state index in [0.29, 0.717) is 0 Å². The van der Waals surface area contributed by atoms with E-state index in [9.17, 15) is 9.59 Å². The van der Waals surface area contributed by atoms with Crippen LogP contribution in [0.3, 0.4) is 0 Å². The van der Waals surface area contributed by atoms with Crippen LogP contribution in [0.25, 0.3) is 0 Å². The van der Waals surface area contributed by atoms with Crippen LogP contribution in [0.1, 0.15) is 17.4 Å². The van der Waals surface area contributed by atoms with E-state index in [1.807, 2.05) is 0 Å². The number of ether oxygens (including phenoxy) is 2. The lowest BCUT2D eigenvalue weighted by Gasteiger charge is -2.03. The van der Waals surface area contributed by atoms with E-state index in [0.717, 1.165) is 0 Å². The third-order valence-electron chi connectivity index (χ3n) is 1.70. The Hall–Kier alpha value is -1.72. The number of nitrogens with zero attached hydrogens (tertiary/aromatic N) is 1. The van der Waals surface area contributed by atoms with Gasteiger partial charge in [-0.3, -0.25) is 14.6 Å². The number of rotatable bonds is 3. The number of aromatic amines is 1. The summed E-state index contributed by atoms with van der Waals surface area (Å²) in [4.78, 5) is 22.6. The van der Waals surface area contributed by atoms with Crippen molar-refractivity contribution < 1.29 is 14.3 Å². The first-order valence-electron chi connectivity index (χ1n) is 4.11. The van der Waals surface area contributed by atoms with Gasteiger partial charge in [0.05, 0.1) is 13.7 Å². The molecule has 1 N–H and O–H groups in total. The molecular weight excluding hydrogens is 188 g/mol. The average molecular weight is 200 g/mol. The number of nitrogens with one attached hydrogen (secondary N) is 1. The molecule has 0 aliphatic carbocycles. The molecule has 0 amide bonds. The van der Waals surface area contributed by atoms with Gasteiger partial charge in [-0.2, -0.15) is 0 Å². The van der Waals surface area contributed by atoms with Gasteiger partial charge < -0.3 is 9.47 Å². The van der Waals surface area contributed by atoms with Gasteiger partial charge in [-0.15, -0.1) is 0 Å². The molecule has 0 bridgehead atoms. The van der Waals surface area contributed by atoms with Gasteiger partial charge >= 0.3 is 11.5 Å². The van der Waals surface area contributed by atoms with Crippen molar-refractivity contribution in [3.8, 4) is 5.75 Å². The van der Waals surface area contributed by atoms with E-state index in [2.05, 4.69) is 5.10 Å². The molecule has 0 saturated heterocycles. The summed E-state index contributed by atoms with van der Waals surface area (Å²) in [5, 5.41) is 2.40. The minimum absolute atomic E-state index is 0.0223. The van der Waals surface area contributed by atoms with Gasteiger partial charge in [0.15, 0.2) is 5.69 Å². The monoisotopic (exact) mass is 200 g/mol. The first-order valence-corrected chi connectivity index (χ1v) is 4.11. The second-order valence-corrected chi connectivity index (χ2v) is 2.60. The van der Waals surface area contributed by atoms with Gasteiger partial charge in [0.25, 0.3) is 0 Å². The minimum Gasteiger partial charge on any atom is -0.489 e. The molecule has 0 unspecified atom stereocenters. The number of hydrogen-bond acceptors (Lipinski definition) is 4. The van der Waals surface area contributed by atoms with Gasteiger partial charge in [0, 0.05) is 7.05 Å². The van der Waals surface area contributed by atoms with E-state index in [-0.39, 0.29) is 18.1 Å². The van der Waals surface area contributed by atoms with Crippen LogP contribution in [0, 0.1) is 0 Å². The summed E-state index contributed by atoms with van der Waals surface area (Å²) in [7, 11) is 2.86. The van der Waals surface area contributed by atoms with Crippen LogP contribution in [-0.2, 0) is 11.8 Å². The largest absolute Gasteiger partial charge is 0.489 e. The van der Waals surface area contributed by atoms with E-state index in [1.54, 1.807) is 6.92 Å². The normalized spacial score (nSPS) is 9.93. The van der Waals surface area contributed by atoms with Crippen molar-refractivity contribution in [3.63, 3.8) is 0 Å². The topological polar surface area (TPSA) is 73.3 Å². The molecule has 0 aromatic carbocycles. The number of methoxy groups -OCH3 is 1. The van der Waals surface area contributed by atoms with Gasteiger partial charge in [0.2, 0.25) is 5.75 Å². The van der Waals surface area contributed by atoms with Gasteiger partial charge in [-0.1, -0.05) is 0 Å². The Morgan fingerprint density at radius 2 is 2.21 bits per heavy atom. The quantitative estimate of drug-likeness (QED) is 0.691. The number of hydrogen-bond donors (Lipinski definition) is 1. The fourth-order valence-electron chi connectivity index (χ4n) is 1.14. The maximum Gasteiger partial charge on any atom is 0.360 e. The summed E-state index contributed by atoms with van der Waals surface area (Å²) < 4.78 is 10.8. The number of aryl methyl sites for hydroxylation is 1. The predicted molar refractivity (Wildman–Crippen MR) is 48.5 cm³/mol. The molecule has 0 fully saturated rings. The zero-order valence-corrected chi connectivity index (χ0v) is 8.29. The van der Waals surface area contributed by atoms with Crippen LogP contribution in [0.4, 0.5) is 0 Å². The molecule has 1 heterocycles. The molecule has 0 saturated carbocycles. The summed E-state index contributed by atoms with van der Waals surface area (Å²) in [5.41, 5.74) is -0.350. The molecular formula is C8H12N2O4. The molecule has 0 radical (unpaired) electrons. The number of aromatic nitrogens is 2. The van der Waals surface area contributed by atoms with Crippen molar-refractivity contribution in [2.45, 2.75) is 6.92 Å². The Labute approximate surface area is 80.4 Å². The molecule has 14 heavy (non-hydrogen) atoms. The lowest BCUT2D eigenvalue weighted by molar-refractivity contribution is 0.0510. The van der Waals surface area contributed by atoms with E-state index < -0.39 is 11.5 Å². The van der Waals surface area contributed by atoms with E-state index in [1.165, 1.54) is 18.8 Å². The minimum atomic E-state index is -0.579. The summed E-state index contributed by atoms with van der Waals surface area (Å²) >= 11 is 0. The standard InChI is InChI=1S/C8H12N2O4/c1-4-14-8(12)5-6(13-3)7(11)9-10(5)2/h4H2,1-3H3,(H,9,11). The van der Waals surface area contributed by atoms with Gasteiger partial charge in [-0.05, 0) is 6.92 Å². The van der Waals surface area contributed by atoms with Crippen molar-refractivity contribution >= 4 is 5.97 Å². The Bertz CT molecular complexity index is 391. The van der Waals surface area contributed by atoms with Crippen LogP contribution in [-0.4, -0.2) is 29.5 Å². The molecule has 78 valence electrons. The van der Waals surface area contributed by atoms with Crippen molar-refractivity contribution in [2.75, 3.05) is 13.7 Å².